The molecule has 0 fully saturated rings. The molecule has 0 amide bonds. The first kappa shape index (κ1) is 23.9. The van der Waals surface area contributed by atoms with Gasteiger partial charge < -0.3 is 4.74 Å². The minimum atomic E-state index is 0.757. The third-order valence-electron chi connectivity index (χ3n) is 7.57. The molecule has 0 radical (unpaired) electrons. The fourth-order valence-electron chi connectivity index (χ4n) is 5.63. The Morgan fingerprint density at radius 1 is 0.425 bits per heavy atom. The first-order valence-corrected chi connectivity index (χ1v) is 13.7. The normalized spacial score (nSPS) is 11.1. The van der Waals surface area contributed by atoms with Crippen molar-refractivity contribution in [3.05, 3.63) is 169 Å². The summed E-state index contributed by atoms with van der Waals surface area (Å²) >= 11 is 0. The SMILES string of the molecule is c1ccc(Oc2c(Cc3cccc4cc5ccccc5cc34)ccc(-c3ccccc3)c2-c2ccccc2)cc1. The van der Waals surface area contributed by atoms with Gasteiger partial charge in [0.25, 0.3) is 0 Å². The second kappa shape index (κ2) is 10.6. The lowest BCUT2D eigenvalue weighted by Crippen LogP contribution is -1.99. The van der Waals surface area contributed by atoms with Crippen LogP contribution in [0.15, 0.2) is 158 Å². The number of rotatable bonds is 6. The molecule has 0 spiro atoms. The Morgan fingerprint density at radius 3 is 1.75 bits per heavy atom. The second-order valence-corrected chi connectivity index (χ2v) is 10.1. The summed E-state index contributed by atoms with van der Waals surface area (Å²) in [6, 6.07) is 55.6. The van der Waals surface area contributed by atoms with Crippen LogP contribution in [0.3, 0.4) is 0 Å². The number of hydrogen-bond acceptors (Lipinski definition) is 1. The van der Waals surface area contributed by atoms with Crippen LogP contribution >= 0.6 is 0 Å². The summed E-state index contributed by atoms with van der Waals surface area (Å²) in [6.45, 7) is 0. The van der Waals surface area contributed by atoms with E-state index in [0.29, 0.717) is 0 Å². The zero-order valence-corrected chi connectivity index (χ0v) is 22.1. The Morgan fingerprint density at radius 2 is 1.02 bits per heavy atom. The summed E-state index contributed by atoms with van der Waals surface area (Å²) in [6.07, 6.45) is 0.757. The van der Waals surface area contributed by atoms with Crippen LogP contribution in [-0.2, 0) is 6.42 Å². The smallest absolute Gasteiger partial charge is 0.139 e. The van der Waals surface area contributed by atoms with Gasteiger partial charge in [0.15, 0.2) is 0 Å². The predicted molar refractivity (Wildman–Crippen MR) is 168 cm³/mol. The molecule has 7 aromatic carbocycles. The Hall–Kier alpha value is -5.14. The molecule has 0 atom stereocenters. The van der Waals surface area contributed by atoms with Crippen LogP contribution in [0.2, 0.25) is 0 Å². The fourth-order valence-corrected chi connectivity index (χ4v) is 5.63. The third-order valence-corrected chi connectivity index (χ3v) is 7.57. The van der Waals surface area contributed by atoms with E-state index in [0.717, 1.165) is 40.2 Å². The first-order valence-electron chi connectivity index (χ1n) is 13.7. The molecule has 0 aliphatic rings. The Bertz CT molecular complexity index is 1920. The van der Waals surface area contributed by atoms with Crippen LogP contribution < -0.4 is 4.74 Å². The molecule has 40 heavy (non-hydrogen) atoms. The summed E-state index contributed by atoms with van der Waals surface area (Å²) in [5.74, 6) is 1.73. The van der Waals surface area contributed by atoms with Crippen molar-refractivity contribution in [1.82, 2.24) is 0 Å². The van der Waals surface area contributed by atoms with Crippen LogP contribution in [0.5, 0.6) is 11.5 Å². The van der Waals surface area contributed by atoms with E-state index in [1.54, 1.807) is 0 Å². The predicted octanol–water partition coefficient (Wildman–Crippen LogP) is 10.7. The fraction of sp³-hybridized carbons (Fsp3) is 0.0256. The minimum absolute atomic E-state index is 0.757. The van der Waals surface area contributed by atoms with Gasteiger partial charge in [-0.15, -0.1) is 0 Å². The molecule has 7 aromatic rings. The van der Waals surface area contributed by atoms with E-state index >= 15 is 0 Å². The monoisotopic (exact) mass is 512 g/mol. The molecule has 1 nitrogen and oxygen atoms in total. The van der Waals surface area contributed by atoms with Crippen molar-refractivity contribution >= 4 is 21.5 Å². The summed E-state index contributed by atoms with van der Waals surface area (Å²) in [5, 5.41) is 5.05. The molecule has 7 rings (SSSR count). The van der Waals surface area contributed by atoms with Gasteiger partial charge >= 0.3 is 0 Å². The summed E-state index contributed by atoms with van der Waals surface area (Å²) in [5.41, 5.74) is 7.01. The van der Waals surface area contributed by atoms with E-state index in [2.05, 4.69) is 127 Å². The zero-order chi connectivity index (χ0) is 26.7. The lowest BCUT2D eigenvalue weighted by molar-refractivity contribution is 0.479. The van der Waals surface area contributed by atoms with Crippen molar-refractivity contribution in [3.8, 4) is 33.8 Å². The molecule has 0 saturated heterocycles. The van der Waals surface area contributed by atoms with Gasteiger partial charge in [0.2, 0.25) is 0 Å². The van der Waals surface area contributed by atoms with Crippen molar-refractivity contribution in [3.63, 3.8) is 0 Å². The lowest BCUT2D eigenvalue weighted by atomic mass is 9.89. The van der Waals surface area contributed by atoms with E-state index in [1.165, 1.54) is 32.7 Å². The minimum Gasteiger partial charge on any atom is -0.456 e. The zero-order valence-electron chi connectivity index (χ0n) is 22.1. The van der Waals surface area contributed by atoms with E-state index in [4.69, 9.17) is 4.74 Å². The Labute approximate surface area is 235 Å². The topological polar surface area (TPSA) is 9.23 Å². The van der Waals surface area contributed by atoms with Gasteiger partial charge in [0.1, 0.15) is 11.5 Å². The summed E-state index contributed by atoms with van der Waals surface area (Å²) in [4.78, 5) is 0. The van der Waals surface area contributed by atoms with Crippen LogP contribution in [0.1, 0.15) is 11.1 Å². The quantitative estimate of drug-likeness (QED) is 0.201. The molecule has 0 N–H and O–H groups in total. The number of para-hydroxylation sites is 1. The van der Waals surface area contributed by atoms with Crippen LogP contribution in [0, 0.1) is 0 Å². The Balaban J connectivity index is 1.45. The molecule has 0 aliphatic heterocycles. The number of hydrogen-bond donors (Lipinski definition) is 0. The molecule has 0 heterocycles. The van der Waals surface area contributed by atoms with Gasteiger partial charge in [-0.25, -0.2) is 0 Å². The standard InChI is InChI=1S/C39H28O/c1-4-13-28(14-5-1)36-24-23-34(26-33-20-12-19-32-25-30-17-10-11-18-31(30)27-37(32)33)39(40-35-21-8-3-9-22-35)38(36)29-15-6-2-7-16-29/h1-25,27H,26H2. The first-order chi connectivity index (χ1) is 19.8. The largest absolute Gasteiger partial charge is 0.456 e. The molecular weight excluding hydrogens is 484 g/mol. The highest BCUT2D eigenvalue weighted by Gasteiger charge is 2.19. The molecule has 0 aromatic heterocycles. The molecule has 1 heteroatoms. The van der Waals surface area contributed by atoms with Gasteiger partial charge in [0.05, 0.1) is 0 Å². The number of fused-ring (bicyclic) bond motifs is 2. The average Bonchev–Trinajstić information content (AvgIpc) is 3.02. The number of ether oxygens (including phenoxy) is 1. The highest BCUT2D eigenvalue weighted by Crippen LogP contribution is 2.44. The average molecular weight is 513 g/mol. The van der Waals surface area contributed by atoms with Crippen molar-refractivity contribution in [2.45, 2.75) is 6.42 Å². The van der Waals surface area contributed by atoms with Crippen molar-refractivity contribution in [2.24, 2.45) is 0 Å². The molecule has 0 aliphatic carbocycles. The van der Waals surface area contributed by atoms with Crippen LogP contribution in [0.25, 0.3) is 43.8 Å². The molecule has 190 valence electrons. The van der Waals surface area contributed by atoms with E-state index < -0.39 is 0 Å². The van der Waals surface area contributed by atoms with Gasteiger partial charge in [-0.1, -0.05) is 133 Å². The molecular formula is C39H28O. The van der Waals surface area contributed by atoms with Gasteiger partial charge in [-0.2, -0.15) is 0 Å². The maximum atomic E-state index is 6.81. The van der Waals surface area contributed by atoms with Gasteiger partial charge in [-0.05, 0) is 73.6 Å². The van der Waals surface area contributed by atoms with Crippen molar-refractivity contribution < 1.29 is 4.74 Å². The highest BCUT2D eigenvalue weighted by molar-refractivity contribution is 6.00. The van der Waals surface area contributed by atoms with Gasteiger partial charge in [-0.3, -0.25) is 0 Å². The summed E-state index contributed by atoms with van der Waals surface area (Å²) < 4.78 is 6.81. The van der Waals surface area contributed by atoms with Crippen LogP contribution in [0.4, 0.5) is 0 Å². The molecule has 0 bridgehead atoms. The second-order valence-electron chi connectivity index (χ2n) is 10.1. The highest BCUT2D eigenvalue weighted by atomic mass is 16.5. The summed E-state index contributed by atoms with van der Waals surface area (Å²) in [7, 11) is 0. The van der Waals surface area contributed by atoms with E-state index in [-0.39, 0.29) is 0 Å². The third kappa shape index (κ3) is 4.63. The van der Waals surface area contributed by atoms with Gasteiger partial charge in [0, 0.05) is 12.0 Å². The van der Waals surface area contributed by atoms with E-state index in [1.807, 2.05) is 30.3 Å². The lowest BCUT2D eigenvalue weighted by Gasteiger charge is -2.21. The maximum Gasteiger partial charge on any atom is 0.139 e. The molecule has 0 saturated carbocycles. The van der Waals surface area contributed by atoms with Crippen LogP contribution in [-0.4, -0.2) is 0 Å². The van der Waals surface area contributed by atoms with E-state index in [9.17, 15) is 0 Å². The Kier molecular flexibility index (Phi) is 6.32. The van der Waals surface area contributed by atoms with Crippen molar-refractivity contribution in [2.75, 3.05) is 0 Å². The maximum absolute atomic E-state index is 6.81. The number of benzene rings is 7. The van der Waals surface area contributed by atoms with Crippen molar-refractivity contribution in [1.29, 1.82) is 0 Å². The molecule has 0 unspecified atom stereocenters.